The van der Waals surface area contributed by atoms with Gasteiger partial charge in [0, 0.05) is 6.54 Å². The topological polar surface area (TPSA) is 29.5 Å². The highest BCUT2D eigenvalue weighted by Gasteiger charge is 2.32. The molecule has 1 unspecified atom stereocenters. The fourth-order valence-corrected chi connectivity index (χ4v) is 2.16. The number of nitrogens with zero attached hydrogens (tertiary/aromatic N) is 1. The highest BCUT2D eigenvalue weighted by atomic mass is 16.5. The summed E-state index contributed by atoms with van der Waals surface area (Å²) in [6, 6.07) is 0. The van der Waals surface area contributed by atoms with Gasteiger partial charge in [0.15, 0.2) is 0 Å². The summed E-state index contributed by atoms with van der Waals surface area (Å²) in [4.78, 5) is 14.5. The van der Waals surface area contributed by atoms with E-state index in [1.165, 1.54) is 0 Å². The molecule has 0 aliphatic carbocycles. The van der Waals surface area contributed by atoms with Gasteiger partial charge in [-0.3, -0.25) is 4.79 Å². The van der Waals surface area contributed by atoms with Crippen molar-refractivity contribution in [3.63, 3.8) is 0 Å². The van der Waals surface area contributed by atoms with E-state index in [0.717, 1.165) is 51.7 Å². The van der Waals surface area contributed by atoms with Gasteiger partial charge >= 0.3 is 5.97 Å². The van der Waals surface area contributed by atoms with Crippen molar-refractivity contribution in [2.45, 2.75) is 66.7 Å². The first kappa shape index (κ1) is 18.4. The Balaban J connectivity index is 4.00. The summed E-state index contributed by atoms with van der Waals surface area (Å²) < 4.78 is 5.47. The highest BCUT2D eigenvalue weighted by molar-refractivity contribution is 5.76. The van der Waals surface area contributed by atoms with Crippen LogP contribution in [0.4, 0.5) is 0 Å². The van der Waals surface area contributed by atoms with Crippen LogP contribution in [0.1, 0.15) is 66.7 Å². The minimum Gasteiger partial charge on any atom is -0.465 e. The Kier molecular flexibility index (Phi) is 9.94. The zero-order valence-electron chi connectivity index (χ0n) is 13.6. The Bertz CT molecular complexity index is 239. The van der Waals surface area contributed by atoms with Gasteiger partial charge < -0.3 is 9.64 Å². The highest BCUT2D eigenvalue weighted by Crippen LogP contribution is 2.29. The Labute approximate surface area is 119 Å². The predicted molar refractivity (Wildman–Crippen MR) is 81.3 cm³/mol. The van der Waals surface area contributed by atoms with Gasteiger partial charge in [0.05, 0.1) is 12.0 Å². The van der Waals surface area contributed by atoms with Crippen LogP contribution in [0.3, 0.4) is 0 Å². The number of carbonyl (C=O) groups is 1. The minimum atomic E-state index is -0.286. The number of unbranched alkanes of at least 4 members (excludes halogenated alkanes) is 1. The van der Waals surface area contributed by atoms with E-state index in [2.05, 4.69) is 32.6 Å². The van der Waals surface area contributed by atoms with Gasteiger partial charge in [0.1, 0.15) is 0 Å². The summed E-state index contributed by atoms with van der Waals surface area (Å²) in [7, 11) is 0. The summed E-state index contributed by atoms with van der Waals surface area (Å²) in [6.45, 7) is 14.3. The third kappa shape index (κ3) is 6.95. The smallest absolute Gasteiger partial charge is 0.311 e. The largest absolute Gasteiger partial charge is 0.465 e. The zero-order valence-corrected chi connectivity index (χ0v) is 13.6. The van der Waals surface area contributed by atoms with Gasteiger partial charge in [0.2, 0.25) is 0 Å². The Morgan fingerprint density at radius 3 is 2.21 bits per heavy atom. The molecule has 0 aromatic rings. The van der Waals surface area contributed by atoms with Gasteiger partial charge in [-0.25, -0.2) is 0 Å². The molecule has 0 aromatic carbocycles. The molecule has 0 heterocycles. The molecule has 0 radical (unpaired) electrons. The minimum absolute atomic E-state index is 0.0111. The maximum absolute atomic E-state index is 12.1. The SMILES string of the molecule is CCCCC(C)(CC)C(=O)OCCCN(CC)CC. The van der Waals surface area contributed by atoms with Gasteiger partial charge in [-0.2, -0.15) is 0 Å². The Morgan fingerprint density at radius 1 is 1.11 bits per heavy atom. The lowest BCUT2D eigenvalue weighted by Gasteiger charge is -2.26. The van der Waals surface area contributed by atoms with Crippen LogP contribution in [0.15, 0.2) is 0 Å². The average Bonchev–Trinajstić information content (AvgIpc) is 2.44. The van der Waals surface area contributed by atoms with E-state index in [0.29, 0.717) is 6.61 Å². The molecule has 114 valence electrons. The van der Waals surface area contributed by atoms with Crippen molar-refractivity contribution in [2.75, 3.05) is 26.2 Å². The van der Waals surface area contributed by atoms with E-state index in [-0.39, 0.29) is 11.4 Å². The molecule has 0 spiro atoms. The van der Waals surface area contributed by atoms with E-state index < -0.39 is 0 Å². The summed E-state index contributed by atoms with van der Waals surface area (Å²) >= 11 is 0. The normalized spacial score (nSPS) is 14.4. The van der Waals surface area contributed by atoms with Crippen LogP contribution in [0.25, 0.3) is 0 Å². The summed E-state index contributed by atoms with van der Waals surface area (Å²) in [5.74, 6) is -0.0111. The van der Waals surface area contributed by atoms with Crippen molar-refractivity contribution in [1.29, 1.82) is 0 Å². The standard InChI is InChI=1S/C16H33NO2/c1-6-10-12-16(5,7-2)15(18)19-14-11-13-17(8-3)9-4/h6-14H2,1-5H3. The quantitative estimate of drug-likeness (QED) is 0.422. The molecule has 0 N–H and O–H groups in total. The number of rotatable bonds is 11. The molecule has 0 aliphatic heterocycles. The first-order valence-electron chi connectivity index (χ1n) is 7.93. The fraction of sp³-hybridized carbons (Fsp3) is 0.938. The van der Waals surface area contributed by atoms with Crippen LogP contribution in [-0.2, 0) is 9.53 Å². The predicted octanol–water partition coefficient (Wildman–Crippen LogP) is 3.87. The molecular formula is C16H33NO2. The van der Waals surface area contributed by atoms with E-state index >= 15 is 0 Å². The van der Waals surface area contributed by atoms with Gasteiger partial charge in [-0.05, 0) is 39.3 Å². The Morgan fingerprint density at radius 2 is 1.74 bits per heavy atom. The van der Waals surface area contributed by atoms with Crippen LogP contribution in [0.2, 0.25) is 0 Å². The average molecular weight is 271 g/mol. The molecule has 0 aliphatic rings. The van der Waals surface area contributed by atoms with Crippen LogP contribution in [-0.4, -0.2) is 37.1 Å². The molecule has 0 bridgehead atoms. The monoisotopic (exact) mass is 271 g/mol. The van der Waals surface area contributed by atoms with Crippen molar-refractivity contribution in [3.8, 4) is 0 Å². The van der Waals surface area contributed by atoms with E-state index in [1.807, 2.05) is 6.92 Å². The summed E-state index contributed by atoms with van der Waals surface area (Å²) in [6.07, 6.45) is 4.96. The van der Waals surface area contributed by atoms with Crippen molar-refractivity contribution >= 4 is 5.97 Å². The van der Waals surface area contributed by atoms with Crippen molar-refractivity contribution in [3.05, 3.63) is 0 Å². The van der Waals surface area contributed by atoms with E-state index in [9.17, 15) is 4.79 Å². The lowest BCUT2D eigenvalue weighted by Crippen LogP contribution is -2.30. The number of esters is 1. The molecule has 0 fully saturated rings. The van der Waals surface area contributed by atoms with Crippen LogP contribution < -0.4 is 0 Å². The second kappa shape index (κ2) is 10.2. The molecule has 0 aromatic heterocycles. The summed E-state index contributed by atoms with van der Waals surface area (Å²) in [5, 5.41) is 0. The molecule has 0 rings (SSSR count). The number of hydrogen-bond acceptors (Lipinski definition) is 3. The maximum atomic E-state index is 12.1. The van der Waals surface area contributed by atoms with Gasteiger partial charge in [-0.1, -0.05) is 40.5 Å². The molecule has 0 amide bonds. The first-order valence-corrected chi connectivity index (χ1v) is 7.93. The van der Waals surface area contributed by atoms with Crippen molar-refractivity contribution < 1.29 is 9.53 Å². The lowest BCUT2D eigenvalue weighted by molar-refractivity contribution is -0.155. The maximum Gasteiger partial charge on any atom is 0.311 e. The number of hydrogen-bond donors (Lipinski definition) is 0. The number of carbonyl (C=O) groups excluding carboxylic acids is 1. The first-order chi connectivity index (χ1) is 9.03. The fourth-order valence-electron chi connectivity index (χ4n) is 2.16. The molecule has 0 saturated carbocycles. The molecule has 19 heavy (non-hydrogen) atoms. The molecule has 3 heteroatoms. The van der Waals surface area contributed by atoms with Crippen LogP contribution in [0, 0.1) is 5.41 Å². The zero-order chi connectivity index (χ0) is 14.7. The molecule has 3 nitrogen and oxygen atoms in total. The number of ether oxygens (including phenoxy) is 1. The van der Waals surface area contributed by atoms with Crippen LogP contribution in [0.5, 0.6) is 0 Å². The summed E-state index contributed by atoms with van der Waals surface area (Å²) in [5.41, 5.74) is -0.286. The van der Waals surface area contributed by atoms with Gasteiger partial charge in [-0.15, -0.1) is 0 Å². The van der Waals surface area contributed by atoms with Crippen molar-refractivity contribution in [1.82, 2.24) is 4.90 Å². The second-order valence-corrected chi connectivity index (χ2v) is 5.53. The van der Waals surface area contributed by atoms with Crippen molar-refractivity contribution in [2.24, 2.45) is 5.41 Å². The van der Waals surface area contributed by atoms with Crippen LogP contribution >= 0.6 is 0 Å². The van der Waals surface area contributed by atoms with E-state index in [1.54, 1.807) is 0 Å². The Hall–Kier alpha value is -0.570. The third-order valence-electron chi connectivity index (χ3n) is 4.10. The molecular weight excluding hydrogens is 238 g/mol. The van der Waals surface area contributed by atoms with Gasteiger partial charge in [0.25, 0.3) is 0 Å². The second-order valence-electron chi connectivity index (χ2n) is 5.53. The lowest BCUT2D eigenvalue weighted by atomic mass is 9.82. The molecule has 1 atom stereocenters. The van der Waals surface area contributed by atoms with E-state index in [4.69, 9.17) is 4.74 Å². The third-order valence-corrected chi connectivity index (χ3v) is 4.10. The molecule has 0 saturated heterocycles.